The Morgan fingerprint density at radius 2 is 2.09 bits per heavy atom. The Bertz CT molecular complexity index is 1480. The number of ether oxygens (including phenoxy) is 2. The molecule has 1 aliphatic heterocycles. The van der Waals surface area contributed by atoms with Gasteiger partial charge < -0.3 is 14.8 Å². The smallest absolute Gasteiger partial charge is 0.332 e. The predicted octanol–water partition coefficient (Wildman–Crippen LogP) is 2.99. The summed E-state index contributed by atoms with van der Waals surface area (Å²) in [6.45, 7) is 2.83. The van der Waals surface area contributed by atoms with Crippen LogP contribution in [-0.4, -0.2) is 39.3 Å². The van der Waals surface area contributed by atoms with Crippen LogP contribution in [0.4, 0.5) is 5.69 Å². The molecule has 4 heterocycles. The number of nitrogens with zero attached hydrogens (tertiary/aromatic N) is 3. The number of amides is 1. The number of hydrogen-bond donors (Lipinski definition) is 1. The zero-order chi connectivity index (χ0) is 23.7. The Labute approximate surface area is 198 Å². The Balaban J connectivity index is 1.59. The molecule has 176 valence electrons. The molecule has 0 spiro atoms. The lowest BCUT2D eigenvalue weighted by molar-refractivity contribution is -0.116. The van der Waals surface area contributed by atoms with Gasteiger partial charge in [-0.15, -0.1) is 11.3 Å². The number of thiophene rings is 1. The molecule has 1 fully saturated rings. The van der Waals surface area contributed by atoms with Crippen LogP contribution in [0, 0.1) is 0 Å². The third-order valence-electron chi connectivity index (χ3n) is 5.78. The first-order chi connectivity index (χ1) is 16.6. The summed E-state index contributed by atoms with van der Waals surface area (Å²) in [5.41, 5.74) is 0.0322. The first-order valence-corrected chi connectivity index (χ1v) is 12.0. The maximum atomic E-state index is 13.5. The van der Waals surface area contributed by atoms with Gasteiger partial charge in [0.2, 0.25) is 5.91 Å². The van der Waals surface area contributed by atoms with Gasteiger partial charge in [-0.25, -0.2) is 9.78 Å². The summed E-state index contributed by atoms with van der Waals surface area (Å²) in [4.78, 5) is 44.9. The maximum Gasteiger partial charge on any atom is 0.332 e. The molecule has 1 amide bonds. The van der Waals surface area contributed by atoms with Crippen LogP contribution < -0.4 is 21.3 Å². The highest BCUT2D eigenvalue weighted by atomic mass is 32.1. The molecule has 3 aromatic heterocycles. The van der Waals surface area contributed by atoms with E-state index in [-0.39, 0.29) is 24.8 Å². The summed E-state index contributed by atoms with van der Waals surface area (Å²) < 4.78 is 14.2. The van der Waals surface area contributed by atoms with E-state index >= 15 is 0 Å². The van der Waals surface area contributed by atoms with Crippen molar-refractivity contribution in [2.24, 2.45) is 0 Å². The van der Waals surface area contributed by atoms with E-state index in [2.05, 4.69) is 10.3 Å². The molecule has 0 bridgehead atoms. The van der Waals surface area contributed by atoms with Gasteiger partial charge in [-0.2, -0.15) is 0 Å². The highest BCUT2D eigenvalue weighted by molar-refractivity contribution is 7.25. The van der Waals surface area contributed by atoms with Crippen molar-refractivity contribution in [1.82, 2.24) is 14.1 Å². The number of para-hydroxylation sites is 2. The van der Waals surface area contributed by atoms with Crippen LogP contribution >= 0.6 is 11.3 Å². The first kappa shape index (κ1) is 22.3. The highest BCUT2D eigenvalue weighted by Crippen LogP contribution is 2.29. The van der Waals surface area contributed by atoms with Crippen molar-refractivity contribution >= 4 is 43.4 Å². The standard InChI is InChI=1S/C24H24N4O5S/c1-2-32-18-10-4-3-9-17(18)26-19(29)14-27-20-16-8-5-11-25-22(16)34-21(20)23(30)28(24(27)31)13-15-7-6-12-33-15/h3-5,8-11,15H,2,6-7,12-14H2,1H3,(H,26,29)/t15-/m1/s1. The number of carbonyl (C=O) groups excluding carboxylic acids is 1. The number of anilines is 1. The van der Waals surface area contributed by atoms with Crippen molar-refractivity contribution in [3.8, 4) is 5.75 Å². The van der Waals surface area contributed by atoms with Crippen LogP contribution in [0.5, 0.6) is 5.75 Å². The van der Waals surface area contributed by atoms with Crippen LogP contribution in [0.1, 0.15) is 19.8 Å². The lowest BCUT2D eigenvalue weighted by Crippen LogP contribution is -2.43. The lowest BCUT2D eigenvalue weighted by Gasteiger charge is -2.16. The normalized spacial score (nSPS) is 15.7. The molecule has 1 atom stereocenters. The minimum Gasteiger partial charge on any atom is -0.492 e. The van der Waals surface area contributed by atoms with Gasteiger partial charge in [-0.05, 0) is 44.0 Å². The van der Waals surface area contributed by atoms with E-state index in [0.717, 1.165) is 12.8 Å². The number of benzene rings is 1. The quantitative estimate of drug-likeness (QED) is 0.436. The summed E-state index contributed by atoms with van der Waals surface area (Å²) in [7, 11) is 0. The third-order valence-corrected chi connectivity index (χ3v) is 6.87. The maximum absolute atomic E-state index is 13.5. The molecule has 9 nitrogen and oxygen atoms in total. The molecule has 1 aromatic carbocycles. The molecule has 1 saturated heterocycles. The van der Waals surface area contributed by atoms with Gasteiger partial charge in [0.25, 0.3) is 5.56 Å². The van der Waals surface area contributed by atoms with E-state index in [1.165, 1.54) is 20.5 Å². The van der Waals surface area contributed by atoms with Crippen molar-refractivity contribution in [1.29, 1.82) is 0 Å². The molecule has 34 heavy (non-hydrogen) atoms. The molecule has 0 aliphatic carbocycles. The third kappa shape index (κ3) is 4.10. The number of hydrogen-bond acceptors (Lipinski definition) is 7. The Morgan fingerprint density at radius 1 is 1.24 bits per heavy atom. The lowest BCUT2D eigenvalue weighted by atomic mass is 10.2. The van der Waals surface area contributed by atoms with E-state index in [1.54, 1.807) is 30.5 Å². The summed E-state index contributed by atoms with van der Waals surface area (Å²) in [6.07, 6.45) is 3.12. The second kappa shape index (κ2) is 9.40. The largest absolute Gasteiger partial charge is 0.492 e. The molecule has 0 unspecified atom stereocenters. The van der Waals surface area contributed by atoms with Gasteiger partial charge in [0, 0.05) is 18.2 Å². The van der Waals surface area contributed by atoms with Gasteiger partial charge in [0.05, 0.1) is 30.5 Å². The molecule has 10 heteroatoms. The van der Waals surface area contributed by atoms with Crippen LogP contribution in [-0.2, 0) is 22.6 Å². The minimum absolute atomic E-state index is 0.157. The number of rotatable bonds is 7. The van der Waals surface area contributed by atoms with Crippen LogP contribution in [0.25, 0.3) is 20.4 Å². The summed E-state index contributed by atoms with van der Waals surface area (Å²) >= 11 is 1.23. The molecule has 4 aromatic rings. The van der Waals surface area contributed by atoms with Gasteiger partial charge in [0.15, 0.2) is 0 Å². The molecular weight excluding hydrogens is 456 g/mol. The Morgan fingerprint density at radius 3 is 2.88 bits per heavy atom. The zero-order valence-electron chi connectivity index (χ0n) is 18.7. The van der Waals surface area contributed by atoms with Crippen molar-refractivity contribution in [3.05, 3.63) is 63.4 Å². The number of carbonyl (C=O) groups is 1. The second-order valence-electron chi connectivity index (χ2n) is 8.03. The zero-order valence-corrected chi connectivity index (χ0v) is 19.5. The minimum atomic E-state index is -0.537. The Hall–Kier alpha value is -3.50. The van der Waals surface area contributed by atoms with Gasteiger partial charge in [-0.3, -0.25) is 18.7 Å². The first-order valence-electron chi connectivity index (χ1n) is 11.2. The van der Waals surface area contributed by atoms with Crippen molar-refractivity contribution < 1.29 is 14.3 Å². The van der Waals surface area contributed by atoms with E-state index in [4.69, 9.17) is 9.47 Å². The van der Waals surface area contributed by atoms with E-state index < -0.39 is 11.6 Å². The predicted molar refractivity (Wildman–Crippen MR) is 131 cm³/mol. The van der Waals surface area contributed by atoms with Crippen LogP contribution in [0.2, 0.25) is 0 Å². The fraction of sp³-hybridized carbons (Fsp3) is 0.333. The molecule has 0 radical (unpaired) electrons. The van der Waals surface area contributed by atoms with E-state index in [9.17, 15) is 14.4 Å². The van der Waals surface area contributed by atoms with Crippen LogP contribution in [0.15, 0.2) is 52.2 Å². The monoisotopic (exact) mass is 480 g/mol. The molecule has 0 saturated carbocycles. The fourth-order valence-electron chi connectivity index (χ4n) is 4.27. The average Bonchev–Trinajstić information content (AvgIpc) is 3.49. The number of pyridine rings is 1. The Kier molecular flexibility index (Phi) is 6.16. The summed E-state index contributed by atoms with van der Waals surface area (Å²) in [5, 5.41) is 3.51. The van der Waals surface area contributed by atoms with Gasteiger partial charge in [-0.1, -0.05) is 12.1 Å². The van der Waals surface area contributed by atoms with Crippen LogP contribution in [0.3, 0.4) is 0 Å². The van der Waals surface area contributed by atoms with Crippen molar-refractivity contribution in [2.45, 2.75) is 39.0 Å². The van der Waals surface area contributed by atoms with Crippen molar-refractivity contribution in [2.75, 3.05) is 18.5 Å². The van der Waals surface area contributed by atoms with Gasteiger partial charge in [0.1, 0.15) is 21.8 Å². The molecule has 1 aliphatic rings. The fourth-order valence-corrected chi connectivity index (χ4v) is 5.36. The number of aromatic nitrogens is 3. The topological polar surface area (TPSA) is 104 Å². The average molecular weight is 481 g/mol. The summed E-state index contributed by atoms with van der Waals surface area (Å²) in [5.74, 6) is 0.144. The second-order valence-corrected chi connectivity index (χ2v) is 9.03. The number of fused-ring (bicyclic) bond motifs is 3. The number of nitrogens with one attached hydrogen (secondary N) is 1. The molecule has 1 N–H and O–H groups in total. The summed E-state index contributed by atoms with van der Waals surface area (Å²) in [6, 6.07) is 10.7. The highest BCUT2D eigenvalue weighted by Gasteiger charge is 2.24. The SMILES string of the molecule is CCOc1ccccc1NC(=O)Cn1c(=O)n(C[C@H]2CCCO2)c(=O)c2sc3ncccc3c21. The molecule has 5 rings (SSSR count). The van der Waals surface area contributed by atoms with E-state index in [1.807, 2.05) is 19.1 Å². The molecular formula is C24H24N4O5S. The van der Waals surface area contributed by atoms with E-state index in [0.29, 0.717) is 45.1 Å². The van der Waals surface area contributed by atoms with Gasteiger partial charge >= 0.3 is 5.69 Å². The van der Waals surface area contributed by atoms with Crippen molar-refractivity contribution in [3.63, 3.8) is 0 Å².